The van der Waals surface area contributed by atoms with E-state index in [1.807, 2.05) is 25.1 Å². The molecule has 1 saturated heterocycles. The first kappa shape index (κ1) is 27.4. The van der Waals surface area contributed by atoms with E-state index in [1.165, 1.54) is 12.1 Å². The van der Waals surface area contributed by atoms with Crippen LogP contribution in [0.4, 0.5) is 0 Å². The molecule has 0 aromatic heterocycles. The fourth-order valence-corrected chi connectivity index (χ4v) is 4.56. The Morgan fingerprint density at radius 3 is 2.50 bits per heavy atom. The highest BCUT2D eigenvalue weighted by atomic mass is 32.2. The second-order valence-electron chi connectivity index (χ2n) is 6.92. The molecule has 2 atom stereocenters. The summed E-state index contributed by atoms with van der Waals surface area (Å²) in [6.45, 7) is 3.89. The number of thioether (sulfide) groups is 1. The lowest BCUT2D eigenvalue weighted by Gasteiger charge is -2.17. The van der Waals surface area contributed by atoms with Crippen LogP contribution in [-0.2, 0) is 24.5 Å². The minimum atomic E-state index is -4.02. The molecule has 1 fully saturated rings. The molecule has 1 aliphatic heterocycles. The van der Waals surface area contributed by atoms with E-state index >= 15 is 0 Å². The van der Waals surface area contributed by atoms with Gasteiger partial charge >= 0.3 is 5.97 Å². The minimum Gasteiger partial charge on any atom is -0.491 e. The van der Waals surface area contributed by atoms with E-state index in [0.717, 1.165) is 11.1 Å². The van der Waals surface area contributed by atoms with Gasteiger partial charge in [-0.2, -0.15) is 8.42 Å². The predicted octanol–water partition coefficient (Wildman–Crippen LogP) is 2.78. The van der Waals surface area contributed by atoms with Crippen LogP contribution in [0.25, 0.3) is 0 Å². The lowest BCUT2D eigenvalue weighted by molar-refractivity contribution is -0.757. The van der Waals surface area contributed by atoms with E-state index in [0.29, 0.717) is 18.1 Å². The van der Waals surface area contributed by atoms with Gasteiger partial charge < -0.3 is 14.3 Å². The molecule has 0 saturated carbocycles. The van der Waals surface area contributed by atoms with Gasteiger partial charge in [0.2, 0.25) is 0 Å². The number of esters is 1. The van der Waals surface area contributed by atoms with Crippen LogP contribution >= 0.6 is 11.8 Å². The molecule has 34 heavy (non-hydrogen) atoms. The van der Waals surface area contributed by atoms with E-state index in [2.05, 4.69) is 10.2 Å². The van der Waals surface area contributed by atoms with Crippen molar-refractivity contribution in [1.82, 2.24) is 5.32 Å². The molecule has 0 spiro atoms. The maximum absolute atomic E-state index is 11.8. The molecular formula is C21H26N2O9S2. The molecule has 2 aromatic rings. The highest BCUT2D eigenvalue weighted by Crippen LogP contribution is 2.37. The topological polar surface area (TPSA) is 154 Å². The summed E-state index contributed by atoms with van der Waals surface area (Å²) in [6, 6.07) is 13.0. The second kappa shape index (κ2) is 13.1. The Hall–Kier alpha value is -2.87. The molecule has 0 amide bonds. The third-order valence-electron chi connectivity index (χ3n) is 4.41. The molecule has 0 radical (unpaired) electrons. The van der Waals surface area contributed by atoms with Gasteiger partial charge in [0.15, 0.2) is 0 Å². The SMILES string of the molecule is CCOC(=O)C1CSC(c2ccccc2OCCO[N+](=O)[O-])N1.Cc1ccc(S(=O)(=O)O)cc1. The van der Waals surface area contributed by atoms with Crippen LogP contribution in [0.15, 0.2) is 53.4 Å². The van der Waals surface area contributed by atoms with E-state index in [9.17, 15) is 23.3 Å². The lowest BCUT2D eigenvalue weighted by Crippen LogP contribution is -2.35. The number of hydrogen-bond acceptors (Lipinski definition) is 10. The van der Waals surface area contributed by atoms with Crippen LogP contribution in [0.5, 0.6) is 5.75 Å². The van der Waals surface area contributed by atoms with Gasteiger partial charge in [-0.15, -0.1) is 21.9 Å². The van der Waals surface area contributed by atoms with Crippen molar-refractivity contribution >= 4 is 27.8 Å². The molecule has 2 N–H and O–H groups in total. The Morgan fingerprint density at radius 1 is 1.21 bits per heavy atom. The summed E-state index contributed by atoms with van der Waals surface area (Å²) < 4.78 is 40.1. The fourth-order valence-electron chi connectivity index (χ4n) is 2.83. The summed E-state index contributed by atoms with van der Waals surface area (Å²) in [7, 11) is -4.02. The Kier molecular flexibility index (Phi) is 10.6. The highest BCUT2D eigenvalue weighted by molar-refractivity contribution is 7.99. The molecule has 186 valence electrons. The standard InChI is InChI=1S/C14H18N2O6S.C7H8O3S/c1-2-20-14(17)11-9-23-13(15-11)10-5-3-4-6-12(10)21-7-8-22-16(18)19;1-6-2-4-7(5-3-6)11(8,9)10/h3-6,11,13,15H,2,7-9H2,1H3;2-5H,1H3,(H,8,9,10). The molecule has 0 bridgehead atoms. The summed E-state index contributed by atoms with van der Waals surface area (Å²) in [5.41, 5.74) is 1.84. The molecule has 1 heterocycles. The van der Waals surface area contributed by atoms with Crippen molar-refractivity contribution in [1.29, 1.82) is 0 Å². The third-order valence-corrected chi connectivity index (χ3v) is 6.53. The molecular weight excluding hydrogens is 488 g/mol. The Bertz CT molecular complexity index is 1060. The van der Waals surface area contributed by atoms with Crippen molar-refractivity contribution in [3.63, 3.8) is 0 Å². The van der Waals surface area contributed by atoms with Crippen molar-refractivity contribution in [2.24, 2.45) is 0 Å². The highest BCUT2D eigenvalue weighted by Gasteiger charge is 2.32. The zero-order valence-corrected chi connectivity index (χ0v) is 20.2. The molecule has 1 aliphatic rings. The third kappa shape index (κ3) is 8.82. The van der Waals surface area contributed by atoms with Gasteiger partial charge in [-0.25, -0.2) is 0 Å². The number of benzene rings is 2. The van der Waals surface area contributed by atoms with Crippen molar-refractivity contribution in [2.75, 3.05) is 25.6 Å². The van der Waals surface area contributed by atoms with Gasteiger partial charge in [0, 0.05) is 11.3 Å². The summed E-state index contributed by atoms with van der Waals surface area (Å²) in [5.74, 6) is 0.955. The summed E-state index contributed by atoms with van der Waals surface area (Å²) >= 11 is 1.58. The number of nitrogens with zero attached hydrogens (tertiary/aromatic N) is 1. The number of carbonyl (C=O) groups is 1. The summed E-state index contributed by atoms with van der Waals surface area (Å²) in [4.78, 5) is 26.0. The van der Waals surface area contributed by atoms with Gasteiger partial charge in [0.05, 0.1) is 16.9 Å². The molecule has 3 rings (SSSR count). The van der Waals surface area contributed by atoms with Crippen LogP contribution in [0.1, 0.15) is 23.4 Å². The number of ether oxygens (including phenoxy) is 2. The zero-order valence-electron chi connectivity index (χ0n) is 18.6. The first-order chi connectivity index (χ1) is 16.1. The predicted molar refractivity (Wildman–Crippen MR) is 125 cm³/mol. The van der Waals surface area contributed by atoms with Crippen molar-refractivity contribution in [3.8, 4) is 5.75 Å². The average molecular weight is 515 g/mol. The Morgan fingerprint density at radius 2 is 1.88 bits per heavy atom. The normalized spacial score (nSPS) is 17.3. The van der Waals surface area contributed by atoms with Crippen LogP contribution < -0.4 is 10.1 Å². The monoisotopic (exact) mass is 514 g/mol. The van der Waals surface area contributed by atoms with E-state index in [4.69, 9.17) is 14.0 Å². The lowest BCUT2D eigenvalue weighted by atomic mass is 10.2. The van der Waals surface area contributed by atoms with E-state index in [1.54, 1.807) is 36.9 Å². The van der Waals surface area contributed by atoms with E-state index < -0.39 is 15.2 Å². The quantitative estimate of drug-likeness (QED) is 0.167. The van der Waals surface area contributed by atoms with Crippen LogP contribution in [0, 0.1) is 17.0 Å². The zero-order chi connectivity index (χ0) is 25.1. The van der Waals surface area contributed by atoms with E-state index in [-0.39, 0.29) is 35.5 Å². The smallest absolute Gasteiger partial charge is 0.324 e. The number of para-hydroxylation sites is 1. The first-order valence-electron chi connectivity index (χ1n) is 10.2. The minimum absolute atomic E-state index is 0.0662. The first-order valence-corrected chi connectivity index (χ1v) is 12.7. The maximum Gasteiger partial charge on any atom is 0.324 e. The van der Waals surface area contributed by atoms with Crippen molar-refractivity contribution in [2.45, 2.75) is 30.2 Å². The molecule has 11 nitrogen and oxygen atoms in total. The van der Waals surface area contributed by atoms with Gasteiger partial charge in [-0.05, 0) is 32.0 Å². The van der Waals surface area contributed by atoms with Gasteiger partial charge in [0.1, 0.15) is 25.0 Å². The van der Waals surface area contributed by atoms with Crippen LogP contribution in [0.2, 0.25) is 0 Å². The van der Waals surface area contributed by atoms with Gasteiger partial charge in [-0.1, -0.05) is 35.9 Å². The fraction of sp³-hybridized carbons (Fsp3) is 0.381. The number of aryl methyl sites for hydroxylation is 1. The van der Waals surface area contributed by atoms with Gasteiger partial charge in [-0.3, -0.25) is 14.7 Å². The van der Waals surface area contributed by atoms with Crippen molar-refractivity contribution in [3.05, 3.63) is 69.8 Å². The molecule has 2 unspecified atom stereocenters. The Labute approximate surface area is 201 Å². The van der Waals surface area contributed by atoms with Crippen LogP contribution in [0.3, 0.4) is 0 Å². The Balaban J connectivity index is 0.000000310. The largest absolute Gasteiger partial charge is 0.491 e. The van der Waals surface area contributed by atoms with Crippen LogP contribution in [-0.4, -0.2) is 55.6 Å². The summed E-state index contributed by atoms with van der Waals surface area (Å²) in [6.07, 6.45) is 0. The average Bonchev–Trinajstić information content (AvgIpc) is 3.27. The van der Waals surface area contributed by atoms with Crippen molar-refractivity contribution < 1.29 is 37.2 Å². The maximum atomic E-state index is 11.8. The molecule has 2 aromatic carbocycles. The molecule has 0 aliphatic carbocycles. The number of rotatable bonds is 9. The number of hydrogen-bond donors (Lipinski definition) is 2. The van der Waals surface area contributed by atoms with Gasteiger partial charge in [0.25, 0.3) is 15.2 Å². The number of nitrogens with one attached hydrogen (secondary N) is 1. The molecule has 13 heteroatoms. The second-order valence-corrected chi connectivity index (χ2v) is 9.48. The number of carbonyl (C=O) groups excluding carboxylic acids is 1. The summed E-state index contributed by atoms with van der Waals surface area (Å²) in [5, 5.41) is 12.4.